The second-order valence-electron chi connectivity index (χ2n) is 5.20. The summed E-state index contributed by atoms with van der Waals surface area (Å²) in [4.78, 5) is 12.4. The van der Waals surface area contributed by atoms with Gasteiger partial charge in [-0.05, 0) is 25.0 Å². The summed E-state index contributed by atoms with van der Waals surface area (Å²) in [5, 5.41) is 12.6. The minimum absolute atomic E-state index is 0.0533. The molecule has 1 saturated carbocycles. The molecule has 116 valence electrons. The van der Waals surface area contributed by atoms with Crippen LogP contribution in [0.4, 0.5) is 8.78 Å². The molecule has 21 heavy (non-hydrogen) atoms. The molecule has 1 amide bonds. The first-order valence-corrected chi connectivity index (χ1v) is 7.96. The van der Waals surface area contributed by atoms with Crippen LogP contribution in [-0.4, -0.2) is 29.4 Å². The number of hydrogen-bond acceptors (Lipinski definition) is 3. The molecule has 3 nitrogen and oxygen atoms in total. The Morgan fingerprint density at radius 1 is 1.33 bits per heavy atom. The van der Waals surface area contributed by atoms with Crippen LogP contribution in [0, 0.1) is 5.92 Å². The van der Waals surface area contributed by atoms with Gasteiger partial charge in [-0.15, -0.1) is 0 Å². The lowest BCUT2D eigenvalue weighted by Crippen LogP contribution is -2.36. The van der Waals surface area contributed by atoms with Crippen molar-refractivity contribution in [1.82, 2.24) is 5.32 Å². The summed E-state index contributed by atoms with van der Waals surface area (Å²) in [6, 6.07) is 6.34. The summed E-state index contributed by atoms with van der Waals surface area (Å²) < 4.78 is 25.0. The Balaban J connectivity index is 1.96. The maximum Gasteiger partial charge on any atom is 0.288 e. The molecule has 2 rings (SSSR count). The second kappa shape index (κ2) is 7.75. The predicted molar refractivity (Wildman–Crippen MR) is 78.6 cm³/mol. The number of aliphatic hydroxyl groups excluding tert-OH is 1. The van der Waals surface area contributed by atoms with Gasteiger partial charge in [-0.2, -0.15) is 8.78 Å². The van der Waals surface area contributed by atoms with Crippen molar-refractivity contribution in [2.24, 2.45) is 5.92 Å². The highest BCUT2D eigenvalue weighted by atomic mass is 32.2. The molecule has 2 unspecified atom stereocenters. The van der Waals surface area contributed by atoms with Gasteiger partial charge in [0.2, 0.25) is 0 Å². The van der Waals surface area contributed by atoms with Gasteiger partial charge in [0.1, 0.15) is 0 Å². The van der Waals surface area contributed by atoms with E-state index in [4.69, 9.17) is 0 Å². The van der Waals surface area contributed by atoms with Crippen LogP contribution in [0.3, 0.4) is 0 Å². The van der Waals surface area contributed by atoms with E-state index in [1.54, 1.807) is 12.1 Å². The summed E-state index contributed by atoms with van der Waals surface area (Å²) in [6.45, 7) is 0.383. The SMILES string of the molecule is O=C(NCC1CCCCC1O)c1ccccc1SC(F)F. The van der Waals surface area contributed by atoms with Crippen molar-refractivity contribution in [3.05, 3.63) is 29.8 Å². The maximum atomic E-state index is 12.5. The van der Waals surface area contributed by atoms with Crippen molar-refractivity contribution in [1.29, 1.82) is 0 Å². The average molecular weight is 315 g/mol. The number of thioether (sulfide) groups is 1. The molecule has 0 bridgehead atoms. The highest BCUT2D eigenvalue weighted by Gasteiger charge is 2.24. The van der Waals surface area contributed by atoms with Crippen molar-refractivity contribution in [3.8, 4) is 0 Å². The third-order valence-corrected chi connectivity index (χ3v) is 4.53. The Bertz CT molecular complexity index is 484. The lowest BCUT2D eigenvalue weighted by Gasteiger charge is -2.27. The smallest absolute Gasteiger partial charge is 0.288 e. The Labute approximate surface area is 127 Å². The quantitative estimate of drug-likeness (QED) is 0.820. The topological polar surface area (TPSA) is 49.3 Å². The molecule has 2 N–H and O–H groups in total. The van der Waals surface area contributed by atoms with Gasteiger partial charge in [-0.3, -0.25) is 4.79 Å². The fraction of sp³-hybridized carbons (Fsp3) is 0.533. The first-order chi connectivity index (χ1) is 10.1. The number of amides is 1. The second-order valence-corrected chi connectivity index (χ2v) is 6.23. The van der Waals surface area contributed by atoms with E-state index >= 15 is 0 Å². The first-order valence-electron chi connectivity index (χ1n) is 7.08. The van der Waals surface area contributed by atoms with Gasteiger partial charge in [0.15, 0.2) is 0 Å². The Morgan fingerprint density at radius 2 is 2.05 bits per heavy atom. The summed E-state index contributed by atoms with van der Waals surface area (Å²) in [6.07, 6.45) is 3.33. The Morgan fingerprint density at radius 3 is 2.76 bits per heavy atom. The number of aliphatic hydroxyl groups is 1. The van der Waals surface area contributed by atoms with Crippen LogP contribution >= 0.6 is 11.8 Å². The van der Waals surface area contributed by atoms with Gasteiger partial charge in [0.25, 0.3) is 11.7 Å². The van der Waals surface area contributed by atoms with Crippen molar-refractivity contribution < 1.29 is 18.7 Å². The molecule has 2 atom stereocenters. The predicted octanol–water partition coefficient (Wildman–Crippen LogP) is 3.28. The van der Waals surface area contributed by atoms with Crippen LogP contribution in [0.2, 0.25) is 0 Å². The maximum absolute atomic E-state index is 12.5. The van der Waals surface area contributed by atoms with Crippen molar-refractivity contribution >= 4 is 17.7 Å². The van der Waals surface area contributed by atoms with E-state index in [2.05, 4.69) is 5.32 Å². The largest absolute Gasteiger partial charge is 0.393 e. The van der Waals surface area contributed by atoms with Crippen LogP contribution in [0.25, 0.3) is 0 Å². The number of alkyl halides is 2. The summed E-state index contributed by atoms with van der Waals surface area (Å²) in [7, 11) is 0. The molecule has 1 aliphatic rings. The van der Waals surface area contributed by atoms with Crippen LogP contribution < -0.4 is 5.32 Å². The molecule has 1 fully saturated rings. The molecular formula is C15H19F2NO2S. The molecule has 0 aromatic heterocycles. The third kappa shape index (κ3) is 4.68. The van der Waals surface area contributed by atoms with Gasteiger partial charge < -0.3 is 10.4 Å². The van der Waals surface area contributed by atoms with Crippen LogP contribution in [0.15, 0.2) is 29.2 Å². The fourth-order valence-electron chi connectivity index (χ4n) is 2.60. The molecule has 0 saturated heterocycles. The van der Waals surface area contributed by atoms with E-state index in [1.807, 2.05) is 0 Å². The number of benzene rings is 1. The van der Waals surface area contributed by atoms with Crippen molar-refractivity contribution in [2.45, 2.75) is 42.4 Å². The van der Waals surface area contributed by atoms with Gasteiger partial charge in [0, 0.05) is 17.4 Å². The van der Waals surface area contributed by atoms with Crippen molar-refractivity contribution in [3.63, 3.8) is 0 Å². The highest BCUT2D eigenvalue weighted by molar-refractivity contribution is 7.99. The van der Waals surface area contributed by atoms with Crippen LogP contribution in [0.5, 0.6) is 0 Å². The van der Waals surface area contributed by atoms with E-state index in [1.165, 1.54) is 12.1 Å². The zero-order chi connectivity index (χ0) is 15.2. The normalized spacial score (nSPS) is 22.3. The van der Waals surface area contributed by atoms with Gasteiger partial charge >= 0.3 is 0 Å². The number of nitrogens with one attached hydrogen (secondary N) is 1. The molecule has 0 spiro atoms. The third-order valence-electron chi connectivity index (χ3n) is 3.74. The van der Waals surface area contributed by atoms with Crippen molar-refractivity contribution in [2.75, 3.05) is 6.54 Å². The zero-order valence-corrected chi connectivity index (χ0v) is 12.4. The minimum atomic E-state index is -2.56. The van der Waals surface area contributed by atoms with Gasteiger partial charge in [-0.1, -0.05) is 36.7 Å². The first kappa shape index (κ1) is 16.2. The molecule has 1 aromatic carbocycles. The van der Waals surface area contributed by atoms with E-state index in [0.717, 1.165) is 25.7 Å². The van der Waals surface area contributed by atoms with E-state index < -0.39 is 5.76 Å². The summed E-state index contributed by atoms with van der Waals surface area (Å²) in [5.74, 6) is -2.87. The molecule has 1 aliphatic carbocycles. The molecule has 0 aliphatic heterocycles. The molecule has 0 radical (unpaired) electrons. The van der Waals surface area contributed by atoms with Crippen LogP contribution in [0.1, 0.15) is 36.0 Å². The highest BCUT2D eigenvalue weighted by Crippen LogP contribution is 2.28. The fourth-order valence-corrected chi connectivity index (χ4v) is 3.23. The number of rotatable bonds is 5. The zero-order valence-electron chi connectivity index (χ0n) is 11.6. The number of carbonyl (C=O) groups is 1. The molecule has 1 aromatic rings. The Hall–Kier alpha value is -1.14. The summed E-state index contributed by atoms with van der Waals surface area (Å²) in [5.41, 5.74) is 0.257. The lowest BCUT2D eigenvalue weighted by atomic mass is 9.86. The lowest BCUT2D eigenvalue weighted by molar-refractivity contribution is 0.0662. The minimum Gasteiger partial charge on any atom is -0.393 e. The van der Waals surface area contributed by atoms with Crippen LogP contribution in [-0.2, 0) is 0 Å². The van der Waals surface area contributed by atoms with Gasteiger partial charge in [0.05, 0.1) is 11.7 Å². The number of carbonyl (C=O) groups excluding carboxylic acids is 1. The van der Waals surface area contributed by atoms with E-state index in [-0.39, 0.29) is 28.4 Å². The monoisotopic (exact) mass is 315 g/mol. The molecular weight excluding hydrogens is 296 g/mol. The number of hydrogen-bond donors (Lipinski definition) is 2. The molecule has 0 heterocycles. The molecule has 6 heteroatoms. The van der Waals surface area contributed by atoms with E-state index in [0.29, 0.717) is 18.3 Å². The van der Waals surface area contributed by atoms with E-state index in [9.17, 15) is 18.7 Å². The number of halogens is 2. The summed E-state index contributed by atoms with van der Waals surface area (Å²) >= 11 is 0.372. The van der Waals surface area contributed by atoms with Gasteiger partial charge in [-0.25, -0.2) is 0 Å². The standard InChI is InChI=1S/C15H19F2NO2S/c16-15(17)21-13-8-4-2-6-11(13)14(20)18-9-10-5-1-3-7-12(10)19/h2,4,6,8,10,12,15,19H,1,3,5,7,9H2,(H,18,20). The average Bonchev–Trinajstić information content (AvgIpc) is 2.46. The Kier molecular flexibility index (Phi) is 5.99.